The Morgan fingerprint density at radius 2 is 2.31 bits per heavy atom. The highest BCUT2D eigenvalue weighted by atomic mass is 16.5. The molecule has 0 aromatic rings. The Hall–Kier alpha value is -1.82. The first-order valence-electron chi connectivity index (χ1n) is 4.87. The first kappa shape index (κ1) is 12.3. The Balaban J connectivity index is 2.35. The number of carbonyl (C=O) groups excluding carboxylic acids is 2. The number of carbonyl (C=O) groups is 2. The van der Waals surface area contributed by atoms with Crippen molar-refractivity contribution in [2.45, 2.75) is 6.04 Å². The van der Waals surface area contributed by atoms with Gasteiger partial charge in [0.15, 0.2) is 0 Å². The molecule has 88 valence electrons. The van der Waals surface area contributed by atoms with Gasteiger partial charge in [0.2, 0.25) is 5.91 Å². The summed E-state index contributed by atoms with van der Waals surface area (Å²) >= 11 is 0. The predicted molar refractivity (Wildman–Crippen MR) is 58.6 cm³/mol. The van der Waals surface area contributed by atoms with E-state index in [0.717, 1.165) is 5.57 Å². The number of likely N-dealkylation sites (N-methyl/N-ethyl adjacent to an activating group) is 1. The summed E-state index contributed by atoms with van der Waals surface area (Å²) in [4.78, 5) is 21.6. The number of ether oxygens (including phenoxy) is 1. The summed E-state index contributed by atoms with van der Waals surface area (Å²) in [5.41, 5.74) is 5.65. The zero-order chi connectivity index (χ0) is 12.0. The minimum atomic E-state index is -0.808. The molecule has 0 aliphatic heterocycles. The van der Waals surface area contributed by atoms with Gasteiger partial charge in [0, 0.05) is 0 Å². The molecule has 6 heteroatoms. The number of nitrogens with two attached hydrogens (primary N) is 1. The van der Waals surface area contributed by atoms with Gasteiger partial charge in [-0.15, -0.1) is 0 Å². The Labute approximate surface area is 93.5 Å². The van der Waals surface area contributed by atoms with Crippen LogP contribution in [-0.2, 0) is 9.53 Å². The van der Waals surface area contributed by atoms with E-state index in [9.17, 15) is 9.59 Å². The van der Waals surface area contributed by atoms with Crippen molar-refractivity contribution in [1.82, 2.24) is 10.6 Å². The number of primary amides is 1. The fourth-order valence-corrected chi connectivity index (χ4v) is 1.31. The molecule has 0 bridgehead atoms. The van der Waals surface area contributed by atoms with E-state index in [0.29, 0.717) is 0 Å². The van der Waals surface area contributed by atoms with Crippen molar-refractivity contribution in [3.63, 3.8) is 0 Å². The molecular formula is C10H15N3O3. The number of nitrogens with one attached hydrogen (secondary N) is 2. The van der Waals surface area contributed by atoms with Crippen molar-refractivity contribution < 1.29 is 14.3 Å². The SMILES string of the molecule is CNCC(=O)NC1C=CC(COC(N)=O)=C1. The van der Waals surface area contributed by atoms with Gasteiger partial charge in [-0.3, -0.25) is 4.79 Å². The fraction of sp³-hybridized carbons (Fsp3) is 0.400. The van der Waals surface area contributed by atoms with Crippen LogP contribution in [0.5, 0.6) is 0 Å². The lowest BCUT2D eigenvalue weighted by atomic mass is 10.3. The average Bonchev–Trinajstić information content (AvgIpc) is 2.63. The molecule has 0 saturated carbocycles. The van der Waals surface area contributed by atoms with Gasteiger partial charge in [0.25, 0.3) is 0 Å². The van der Waals surface area contributed by atoms with Gasteiger partial charge in [-0.1, -0.05) is 18.2 Å². The largest absolute Gasteiger partial charge is 0.445 e. The third-order valence-electron chi connectivity index (χ3n) is 1.96. The lowest BCUT2D eigenvalue weighted by Gasteiger charge is -2.08. The first-order chi connectivity index (χ1) is 7.61. The second-order valence-corrected chi connectivity index (χ2v) is 3.33. The van der Waals surface area contributed by atoms with Crippen molar-refractivity contribution in [3.05, 3.63) is 23.8 Å². The van der Waals surface area contributed by atoms with Crippen LogP contribution in [0.4, 0.5) is 4.79 Å². The van der Waals surface area contributed by atoms with Crippen LogP contribution in [0.2, 0.25) is 0 Å². The summed E-state index contributed by atoms with van der Waals surface area (Å²) in [5, 5.41) is 5.51. The van der Waals surface area contributed by atoms with Crippen molar-refractivity contribution in [2.75, 3.05) is 20.2 Å². The minimum Gasteiger partial charge on any atom is -0.445 e. The van der Waals surface area contributed by atoms with E-state index < -0.39 is 6.09 Å². The van der Waals surface area contributed by atoms with Crippen molar-refractivity contribution >= 4 is 12.0 Å². The van der Waals surface area contributed by atoms with E-state index in [2.05, 4.69) is 15.4 Å². The number of hydrogen-bond donors (Lipinski definition) is 3. The molecule has 0 heterocycles. The van der Waals surface area contributed by atoms with E-state index in [4.69, 9.17) is 5.73 Å². The van der Waals surface area contributed by atoms with Crippen molar-refractivity contribution in [3.8, 4) is 0 Å². The lowest BCUT2D eigenvalue weighted by Crippen LogP contribution is -2.37. The van der Waals surface area contributed by atoms with E-state index in [-0.39, 0.29) is 25.1 Å². The lowest BCUT2D eigenvalue weighted by molar-refractivity contribution is -0.120. The molecule has 1 atom stereocenters. The molecule has 0 saturated heterocycles. The van der Waals surface area contributed by atoms with Crippen LogP contribution < -0.4 is 16.4 Å². The van der Waals surface area contributed by atoms with Gasteiger partial charge in [-0.2, -0.15) is 0 Å². The summed E-state index contributed by atoms with van der Waals surface area (Å²) in [7, 11) is 1.70. The normalized spacial score (nSPS) is 18.1. The highest BCUT2D eigenvalue weighted by Crippen LogP contribution is 2.09. The summed E-state index contributed by atoms with van der Waals surface area (Å²) in [6, 6.07) is -0.146. The van der Waals surface area contributed by atoms with Crippen LogP contribution in [0.15, 0.2) is 23.8 Å². The Bertz CT molecular complexity index is 336. The second kappa shape index (κ2) is 5.92. The third kappa shape index (κ3) is 4.14. The van der Waals surface area contributed by atoms with E-state index >= 15 is 0 Å². The molecule has 1 aliphatic carbocycles. The third-order valence-corrected chi connectivity index (χ3v) is 1.96. The Kier molecular flexibility index (Phi) is 4.53. The van der Waals surface area contributed by atoms with Gasteiger partial charge in [0.1, 0.15) is 6.61 Å². The maximum absolute atomic E-state index is 11.2. The molecule has 4 N–H and O–H groups in total. The van der Waals surface area contributed by atoms with Gasteiger partial charge in [0.05, 0.1) is 12.6 Å². The van der Waals surface area contributed by atoms with Crippen LogP contribution in [0.3, 0.4) is 0 Å². The van der Waals surface area contributed by atoms with E-state index in [1.54, 1.807) is 19.2 Å². The highest BCUT2D eigenvalue weighted by Gasteiger charge is 2.12. The first-order valence-corrected chi connectivity index (χ1v) is 4.87. The van der Waals surface area contributed by atoms with Crippen LogP contribution >= 0.6 is 0 Å². The summed E-state index contributed by atoms with van der Waals surface area (Å²) < 4.78 is 4.62. The minimum absolute atomic E-state index is 0.0922. The zero-order valence-corrected chi connectivity index (χ0v) is 9.03. The predicted octanol–water partition coefficient (Wildman–Crippen LogP) is -0.718. The van der Waals surface area contributed by atoms with Crippen LogP contribution in [0.1, 0.15) is 0 Å². The molecule has 2 amide bonds. The fourth-order valence-electron chi connectivity index (χ4n) is 1.31. The Morgan fingerprint density at radius 1 is 1.56 bits per heavy atom. The van der Waals surface area contributed by atoms with E-state index in [1.807, 2.05) is 6.08 Å². The smallest absolute Gasteiger partial charge is 0.404 e. The molecule has 0 fully saturated rings. The van der Waals surface area contributed by atoms with Gasteiger partial charge < -0.3 is 21.1 Å². The standard InChI is InChI=1S/C10H15N3O3/c1-12-5-9(14)13-8-3-2-7(4-8)6-16-10(11)15/h2-4,8,12H,5-6H2,1H3,(H2,11,15)(H,13,14). The molecule has 16 heavy (non-hydrogen) atoms. The second-order valence-electron chi connectivity index (χ2n) is 3.33. The zero-order valence-electron chi connectivity index (χ0n) is 9.03. The molecular weight excluding hydrogens is 210 g/mol. The van der Waals surface area contributed by atoms with Crippen molar-refractivity contribution in [1.29, 1.82) is 0 Å². The van der Waals surface area contributed by atoms with Crippen LogP contribution in [-0.4, -0.2) is 38.2 Å². The quantitative estimate of drug-likeness (QED) is 0.575. The number of hydrogen-bond acceptors (Lipinski definition) is 4. The number of rotatable bonds is 5. The maximum atomic E-state index is 11.2. The van der Waals surface area contributed by atoms with E-state index in [1.165, 1.54) is 0 Å². The number of amides is 2. The molecule has 1 unspecified atom stereocenters. The molecule has 0 aromatic carbocycles. The van der Waals surface area contributed by atoms with Gasteiger partial charge in [-0.25, -0.2) is 4.79 Å². The molecule has 6 nitrogen and oxygen atoms in total. The molecule has 1 aliphatic rings. The average molecular weight is 225 g/mol. The molecule has 1 rings (SSSR count). The molecule has 0 radical (unpaired) electrons. The highest BCUT2D eigenvalue weighted by molar-refractivity contribution is 5.79. The Morgan fingerprint density at radius 3 is 2.94 bits per heavy atom. The summed E-state index contributed by atoms with van der Waals surface area (Å²) in [6.45, 7) is 0.398. The molecule has 0 aromatic heterocycles. The van der Waals surface area contributed by atoms with Crippen molar-refractivity contribution in [2.24, 2.45) is 5.73 Å². The topological polar surface area (TPSA) is 93.4 Å². The van der Waals surface area contributed by atoms with Crippen LogP contribution in [0, 0.1) is 0 Å². The van der Waals surface area contributed by atoms with Crippen LogP contribution in [0.25, 0.3) is 0 Å². The summed E-state index contributed by atoms with van der Waals surface area (Å²) in [5.74, 6) is -0.0922. The van der Waals surface area contributed by atoms with Gasteiger partial charge >= 0.3 is 6.09 Å². The monoisotopic (exact) mass is 225 g/mol. The summed E-state index contributed by atoms with van der Waals surface area (Å²) in [6.07, 6.45) is 4.59. The van der Waals surface area contributed by atoms with Gasteiger partial charge in [-0.05, 0) is 12.6 Å². The maximum Gasteiger partial charge on any atom is 0.404 e. The molecule has 0 spiro atoms.